The van der Waals surface area contributed by atoms with E-state index in [0.717, 1.165) is 12.3 Å². The standard InChI is InChI=1S/C12H9F3N4S/c13-12(14,15)10-1-2-11(19-8-10)20-4-3-18-7-9(5-16)6-17/h1-2,7-9H,3-4H2. The van der Waals surface area contributed by atoms with Gasteiger partial charge < -0.3 is 0 Å². The van der Waals surface area contributed by atoms with Crippen molar-refractivity contribution in [3.05, 3.63) is 23.9 Å². The first-order valence-corrected chi connectivity index (χ1v) is 6.41. The normalized spacial score (nSPS) is 11.5. The molecular weight excluding hydrogens is 289 g/mol. The monoisotopic (exact) mass is 298 g/mol. The van der Waals surface area contributed by atoms with Crippen LogP contribution in [0.1, 0.15) is 5.56 Å². The molecule has 0 unspecified atom stereocenters. The number of aliphatic imine (C=N–C) groups is 1. The van der Waals surface area contributed by atoms with Crippen molar-refractivity contribution < 1.29 is 13.2 Å². The van der Waals surface area contributed by atoms with Crippen LogP contribution in [0.5, 0.6) is 0 Å². The van der Waals surface area contributed by atoms with E-state index in [-0.39, 0.29) is 0 Å². The van der Waals surface area contributed by atoms with Crippen LogP contribution in [0.4, 0.5) is 13.2 Å². The van der Waals surface area contributed by atoms with Gasteiger partial charge in [0.05, 0.1) is 22.7 Å². The van der Waals surface area contributed by atoms with Gasteiger partial charge in [-0.05, 0) is 12.1 Å². The number of aromatic nitrogens is 1. The van der Waals surface area contributed by atoms with Crippen LogP contribution in [0.2, 0.25) is 0 Å². The molecule has 0 aliphatic heterocycles. The Labute approximate surface area is 118 Å². The molecule has 8 heteroatoms. The fourth-order valence-corrected chi connectivity index (χ4v) is 1.81. The molecule has 0 atom stereocenters. The van der Waals surface area contributed by atoms with E-state index in [4.69, 9.17) is 10.5 Å². The van der Waals surface area contributed by atoms with Crippen molar-refractivity contribution >= 4 is 18.0 Å². The second-order valence-corrected chi connectivity index (χ2v) is 4.64. The lowest BCUT2D eigenvalue weighted by atomic mass is 10.2. The Morgan fingerprint density at radius 1 is 1.35 bits per heavy atom. The highest BCUT2D eigenvalue weighted by molar-refractivity contribution is 7.99. The number of thioether (sulfide) groups is 1. The van der Waals surface area contributed by atoms with E-state index < -0.39 is 17.7 Å². The van der Waals surface area contributed by atoms with Crippen molar-refractivity contribution in [2.24, 2.45) is 10.9 Å². The van der Waals surface area contributed by atoms with Crippen molar-refractivity contribution in [2.75, 3.05) is 12.3 Å². The summed E-state index contributed by atoms with van der Waals surface area (Å²) in [5.41, 5.74) is -0.786. The summed E-state index contributed by atoms with van der Waals surface area (Å²) in [6, 6.07) is 5.76. The van der Waals surface area contributed by atoms with E-state index in [2.05, 4.69) is 9.98 Å². The Morgan fingerprint density at radius 3 is 2.55 bits per heavy atom. The van der Waals surface area contributed by atoms with Crippen molar-refractivity contribution in [2.45, 2.75) is 11.2 Å². The molecule has 0 bridgehead atoms. The van der Waals surface area contributed by atoms with Crippen LogP contribution in [0.3, 0.4) is 0 Å². The highest BCUT2D eigenvalue weighted by Gasteiger charge is 2.30. The number of hydrogen-bond acceptors (Lipinski definition) is 5. The molecule has 0 saturated carbocycles. The lowest BCUT2D eigenvalue weighted by Gasteiger charge is -2.06. The summed E-state index contributed by atoms with van der Waals surface area (Å²) in [6.45, 7) is 0.354. The van der Waals surface area contributed by atoms with E-state index in [1.165, 1.54) is 24.0 Å². The zero-order valence-electron chi connectivity index (χ0n) is 10.1. The summed E-state index contributed by atoms with van der Waals surface area (Å²) in [4.78, 5) is 7.58. The fourth-order valence-electron chi connectivity index (χ4n) is 1.11. The molecule has 0 aliphatic carbocycles. The molecule has 0 fully saturated rings. The zero-order valence-corrected chi connectivity index (χ0v) is 10.9. The molecule has 0 saturated heterocycles. The van der Waals surface area contributed by atoms with Gasteiger partial charge in [0.25, 0.3) is 0 Å². The quantitative estimate of drug-likeness (QED) is 0.476. The van der Waals surface area contributed by atoms with Gasteiger partial charge in [0, 0.05) is 24.7 Å². The maximum Gasteiger partial charge on any atom is 0.417 e. The predicted molar refractivity (Wildman–Crippen MR) is 68.0 cm³/mol. The lowest BCUT2D eigenvalue weighted by molar-refractivity contribution is -0.137. The minimum Gasteiger partial charge on any atom is -0.294 e. The Hall–Kier alpha value is -2.06. The van der Waals surface area contributed by atoms with Gasteiger partial charge in [-0.2, -0.15) is 23.7 Å². The van der Waals surface area contributed by atoms with Gasteiger partial charge in [0.2, 0.25) is 0 Å². The van der Waals surface area contributed by atoms with E-state index in [1.807, 2.05) is 0 Å². The SMILES string of the molecule is N#CC(C#N)C=NCCSc1ccc(C(F)(F)F)cn1. The van der Waals surface area contributed by atoms with Crippen LogP contribution < -0.4 is 0 Å². The smallest absolute Gasteiger partial charge is 0.294 e. The fraction of sp³-hybridized carbons (Fsp3) is 0.333. The van der Waals surface area contributed by atoms with Crippen LogP contribution >= 0.6 is 11.8 Å². The second kappa shape index (κ2) is 7.51. The molecule has 0 aromatic carbocycles. The Morgan fingerprint density at radius 2 is 2.05 bits per heavy atom. The van der Waals surface area contributed by atoms with E-state index in [9.17, 15) is 13.2 Å². The predicted octanol–water partition coefficient (Wildman–Crippen LogP) is 2.93. The molecule has 0 N–H and O–H groups in total. The maximum absolute atomic E-state index is 12.3. The molecule has 20 heavy (non-hydrogen) atoms. The minimum absolute atomic E-state index is 0.354. The average Bonchev–Trinajstić information content (AvgIpc) is 2.42. The molecule has 0 amide bonds. The van der Waals surface area contributed by atoms with Crippen LogP contribution in [0.15, 0.2) is 28.3 Å². The molecule has 0 spiro atoms. The Bertz CT molecular complexity index is 526. The van der Waals surface area contributed by atoms with Crippen molar-refractivity contribution in [3.8, 4) is 12.1 Å². The molecule has 1 rings (SSSR count). The number of alkyl halides is 3. The summed E-state index contributed by atoms with van der Waals surface area (Å²) >= 11 is 1.25. The minimum atomic E-state index is -4.38. The Kier molecular flexibility index (Phi) is 6.01. The van der Waals surface area contributed by atoms with Crippen LogP contribution in [-0.4, -0.2) is 23.5 Å². The summed E-state index contributed by atoms with van der Waals surface area (Å²) < 4.78 is 36.9. The third kappa shape index (κ3) is 5.29. The molecule has 0 radical (unpaired) electrons. The third-order valence-corrected chi connectivity index (χ3v) is 2.99. The summed E-state index contributed by atoms with van der Waals surface area (Å²) in [6.07, 6.45) is -2.35. The Balaban J connectivity index is 2.41. The number of rotatable bonds is 5. The summed E-state index contributed by atoms with van der Waals surface area (Å²) in [5, 5.41) is 17.4. The number of nitrogens with zero attached hydrogens (tertiary/aromatic N) is 4. The van der Waals surface area contributed by atoms with E-state index >= 15 is 0 Å². The molecule has 4 nitrogen and oxygen atoms in total. The van der Waals surface area contributed by atoms with Gasteiger partial charge in [-0.15, -0.1) is 11.8 Å². The molecule has 0 aliphatic rings. The molecular formula is C12H9F3N4S. The number of hydrogen-bond donors (Lipinski definition) is 0. The van der Waals surface area contributed by atoms with Gasteiger partial charge in [-0.1, -0.05) is 0 Å². The van der Waals surface area contributed by atoms with Gasteiger partial charge in [-0.25, -0.2) is 4.98 Å². The maximum atomic E-state index is 12.3. The first-order chi connectivity index (χ1) is 9.47. The first-order valence-electron chi connectivity index (χ1n) is 5.42. The van der Waals surface area contributed by atoms with E-state index in [0.29, 0.717) is 17.3 Å². The number of pyridine rings is 1. The summed E-state index contributed by atoms with van der Waals surface area (Å²) in [7, 11) is 0. The van der Waals surface area contributed by atoms with Crippen molar-refractivity contribution in [3.63, 3.8) is 0 Å². The van der Waals surface area contributed by atoms with Crippen molar-refractivity contribution in [1.82, 2.24) is 4.98 Å². The second-order valence-electron chi connectivity index (χ2n) is 3.52. The van der Waals surface area contributed by atoms with Gasteiger partial charge in [0.1, 0.15) is 0 Å². The lowest BCUT2D eigenvalue weighted by Crippen LogP contribution is -2.05. The van der Waals surface area contributed by atoms with Crippen molar-refractivity contribution in [1.29, 1.82) is 10.5 Å². The van der Waals surface area contributed by atoms with Gasteiger partial charge in [-0.3, -0.25) is 4.99 Å². The topological polar surface area (TPSA) is 72.8 Å². The number of halogens is 3. The highest BCUT2D eigenvalue weighted by Crippen LogP contribution is 2.29. The molecule has 1 aromatic heterocycles. The van der Waals surface area contributed by atoms with Gasteiger partial charge in [0.15, 0.2) is 5.92 Å². The highest BCUT2D eigenvalue weighted by atomic mass is 32.2. The van der Waals surface area contributed by atoms with E-state index in [1.54, 1.807) is 12.1 Å². The zero-order chi connectivity index (χ0) is 15.0. The molecule has 104 valence electrons. The van der Waals surface area contributed by atoms with Crippen LogP contribution in [-0.2, 0) is 6.18 Å². The largest absolute Gasteiger partial charge is 0.417 e. The average molecular weight is 298 g/mol. The first kappa shape index (κ1) is 16.0. The molecule has 1 aromatic rings. The summed E-state index contributed by atoms with van der Waals surface area (Å²) in [5.74, 6) is -0.373. The third-order valence-electron chi connectivity index (χ3n) is 2.07. The van der Waals surface area contributed by atoms with Crippen LogP contribution in [0.25, 0.3) is 0 Å². The number of nitriles is 2. The van der Waals surface area contributed by atoms with Gasteiger partial charge >= 0.3 is 6.18 Å². The molecule has 1 heterocycles. The van der Waals surface area contributed by atoms with Crippen LogP contribution in [0, 0.1) is 28.6 Å².